The maximum Gasteiger partial charge on any atom is 0.0721 e. The topological polar surface area (TPSA) is 12.9 Å². The summed E-state index contributed by atoms with van der Waals surface area (Å²) in [5.74, 6) is 0. The third kappa shape index (κ3) is 7.37. The molecule has 0 fully saturated rings. The normalized spacial score (nSPS) is 11.0. The molecule has 0 aliphatic rings. The largest absolute Gasteiger partial charge is 0.248 e. The predicted octanol–water partition coefficient (Wildman–Crippen LogP) is 16.1. The van der Waals surface area contributed by atoms with Crippen LogP contribution in [0.5, 0.6) is 0 Å². The zero-order valence-corrected chi connectivity index (χ0v) is 33.1. The molecule has 1 nitrogen and oxygen atoms in total. The van der Waals surface area contributed by atoms with Crippen LogP contribution in [0.1, 0.15) is 0 Å². The van der Waals surface area contributed by atoms with Crippen molar-refractivity contribution < 1.29 is 0 Å². The van der Waals surface area contributed by atoms with Gasteiger partial charge in [-0.1, -0.05) is 237 Å². The van der Waals surface area contributed by atoms with Crippen molar-refractivity contribution in [3.63, 3.8) is 0 Å². The Bertz CT molecular complexity index is 2850. The quantitative estimate of drug-likeness (QED) is 0.143. The fourth-order valence-electron chi connectivity index (χ4n) is 8.38. The first kappa shape index (κ1) is 36.5. The summed E-state index contributed by atoms with van der Waals surface area (Å²) in [5, 5.41) is 0. The fourth-order valence-corrected chi connectivity index (χ4v) is 8.38. The minimum atomic E-state index is 0.927. The molecule has 10 aromatic rings. The lowest BCUT2D eigenvalue weighted by Crippen LogP contribution is -1.95. The lowest BCUT2D eigenvalue weighted by Gasteiger charge is -2.18. The Morgan fingerprint density at radius 3 is 0.850 bits per heavy atom. The van der Waals surface area contributed by atoms with Crippen molar-refractivity contribution in [2.24, 2.45) is 0 Å². The van der Waals surface area contributed by atoms with E-state index in [1.807, 2.05) is 0 Å². The van der Waals surface area contributed by atoms with Gasteiger partial charge in [0.2, 0.25) is 0 Å². The van der Waals surface area contributed by atoms with Gasteiger partial charge in [-0.3, -0.25) is 0 Å². The van der Waals surface area contributed by atoms with Crippen LogP contribution in [0.4, 0.5) is 0 Å². The molecule has 0 atom stereocenters. The van der Waals surface area contributed by atoms with E-state index >= 15 is 0 Å². The van der Waals surface area contributed by atoms with Crippen molar-refractivity contribution in [1.82, 2.24) is 4.98 Å². The molecule has 0 bridgehead atoms. The van der Waals surface area contributed by atoms with Crippen molar-refractivity contribution >= 4 is 0 Å². The van der Waals surface area contributed by atoms with Crippen LogP contribution < -0.4 is 0 Å². The van der Waals surface area contributed by atoms with Gasteiger partial charge >= 0.3 is 0 Å². The number of benzene rings is 9. The summed E-state index contributed by atoms with van der Waals surface area (Å²) in [5.41, 5.74) is 20.5. The van der Waals surface area contributed by atoms with Gasteiger partial charge in [0.05, 0.1) is 11.4 Å². The van der Waals surface area contributed by atoms with Crippen molar-refractivity contribution in [1.29, 1.82) is 0 Å². The van der Waals surface area contributed by atoms with E-state index in [2.05, 4.69) is 249 Å². The zero-order valence-electron chi connectivity index (χ0n) is 33.1. The molecule has 1 heteroatoms. The molecule has 0 spiro atoms. The Labute approximate surface area is 352 Å². The Hall–Kier alpha value is -7.87. The van der Waals surface area contributed by atoms with Gasteiger partial charge in [-0.15, -0.1) is 0 Å². The first-order valence-corrected chi connectivity index (χ1v) is 20.5. The van der Waals surface area contributed by atoms with Gasteiger partial charge in [-0.05, 0) is 90.0 Å². The summed E-state index contributed by atoms with van der Waals surface area (Å²) in [6, 6.07) is 89.0. The van der Waals surface area contributed by atoms with Crippen LogP contribution in [-0.2, 0) is 0 Å². The molecule has 60 heavy (non-hydrogen) atoms. The van der Waals surface area contributed by atoms with Gasteiger partial charge in [0.1, 0.15) is 0 Å². The Kier molecular flexibility index (Phi) is 10.1. The molecule has 0 saturated heterocycles. The van der Waals surface area contributed by atoms with E-state index in [-0.39, 0.29) is 0 Å². The van der Waals surface area contributed by atoms with Crippen LogP contribution >= 0.6 is 0 Å². The molecular weight excluding hydrogens is 723 g/mol. The van der Waals surface area contributed by atoms with Gasteiger partial charge in [-0.2, -0.15) is 0 Å². The Balaban J connectivity index is 1.09. The van der Waals surface area contributed by atoms with Crippen LogP contribution in [0.2, 0.25) is 0 Å². The van der Waals surface area contributed by atoms with Crippen LogP contribution in [0.15, 0.2) is 249 Å². The van der Waals surface area contributed by atoms with Crippen molar-refractivity contribution in [2.75, 3.05) is 0 Å². The van der Waals surface area contributed by atoms with Crippen LogP contribution in [0.25, 0.3) is 100 Å². The molecule has 1 heterocycles. The molecular formula is C59H41N. The Morgan fingerprint density at radius 1 is 0.167 bits per heavy atom. The maximum atomic E-state index is 5.43. The first-order valence-electron chi connectivity index (χ1n) is 20.5. The number of nitrogens with zero attached hydrogens (tertiary/aromatic N) is 1. The van der Waals surface area contributed by atoms with Crippen molar-refractivity contribution in [2.45, 2.75) is 0 Å². The van der Waals surface area contributed by atoms with Gasteiger partial charge in [0, 0.05) is 11.1 Å². The second kappa shape index (κ2) is 16.5. The Morgan fingerprint density at radius 2 is 0.433 bits per heavy atom. The first-order chi connectivity index (χ1) is 29.8. The van der Waals surface area contributed by atoms with Crippen molar-refractivity contribution in [3.05, 3.63) is 249 Å². The highest BCUT2D eigenvalue weighted by Gasteiger charge is 2.18. The number of hydrogen-bond donors (Lipinski definition) is 0. The number of pyridine rings is 1. The molecule has 282 valence electrons. The minimum absolute atomic E-state index is 0.927. The van der Waals surface area contributed by atoms with E-state index < -0.39 is 0 Å². The van der Waals surface area contributed by atoms with Crippen LogP contribution in [0, 0.1) is 0 Å². The molecule has 0 unspecified atom stereocenters. The molecule has 1 aromatic heterocycles. The lowest BCUT2D eigenvalue weighted by molar-refractivity contribution is 1.32. The summed E-state index contributed by atoms with van der Waals surface area (Å²) in [6.07, 6.45) is 0. The molecule has 0 N–H and O–H groups in total. The van der Waals surface area contributed by atoms with Crippen LogP contribution in [-0.4, -0.2) is 4.98 Å². The summed E-state index contributed by atoms with van der Waals surface area (Å²) in [7, 11) is 0. The monoisotopic (exact) mass is 763 g/mol. The summed E-state index contributed by atoms with van der Waals surface area (Å²) in [6.45, 7) is 0. The van der Waals surface area contributed by atoms with E-state index in [1.54, 1.807) is 0 Å². The number of aromatic nitrogens is 1. The summed E-state index contributed by atoms with van der Waals surface area (Å²) < 4.78 is 0. The number of rotatable bonds is 9. The highest BCUT2D eigenvalue weighted by Crippen LogP contribution is 2.43. The molecule has 0 aliphatic heterocycles. The maximum absolute atomic E-state index is 5.43. The second-order valence-corrected chi connectivity index (χ2v) is 15.1. The molecule has 0 aliphatic carbocycles. The molecule has 0 saturated carbocycles. The van der Waals surface area contributed by atoms with E-state index in [4.69, 9.17) is 4.98 Å². The summed E-state index contributed by atoms with van der Waals surface area (Å²) >= 11 is 0. The second-order valence-electron chi connectivity index (χ2n) is 15.1. The zero-order chi connectivity index (χ0) is 40.1. The van der Waals surface area contributed by atoms with E-state index in [1.165, 1.54) is 61.2 Å². The highest BCUT2D eigenvalue weighted by atomic mass is 14.7. The van der Waals surface area contributed by atoms with E-state index in [0.29, 0.717) is 0 Å². The van der Waals surface area contributed by atoms with Gasteiger partial charge in [-0.25, -0.2) is 4.98 Å². The fraction of sp³-hybridized carbons (Fsp3) is 0. The molecule has 0 radical (unpaired) electrons. The standard InChI is InChI=1S/C59H41N/c1-4-18-42(19-5-1)44-32-36-46(37-33-44)50-24-10-13-27-53(50)55-29-15-12-26-52(55)49-40-58(48-22-8-3-9-23-48)60-59(41-49)57-31-17-16-30-56(57)54-28-14-11-25-51(54)47-38-34-45(35-39-47)43-20-6-2-7-21-43/h1-41H. The lowest BCUT2D eigenvalue weighted by atomic mass is 9.87. The predicted molar refractivity (Wildman–Crippen MR) is 253 cm³/mol. The average Bonchev–Trinajstić information content (AvgIpc) is 3.35. The van der Waals surface area contributed by atoms with Gasteiger partial charge in [0.25, 0.3) is 0 Å². The van der Waals surface area contributed by atoms with E-state index in [9.17, 15) is 0 Å². The van der Waals surface area contributed by atoms with Gasteiger partial charge < -0.3 is 0 Å². The van der Waals surface area contributed by atoms with Crippen molar-refractivity contribution in [3.8, 4) is 100 Å². The average molecular weight is 764 g/mol. The molecule has 10 rings (SSSR count). The third-order valence-electron chi connectivity index (χ3n) is 11.4. The summed E-state index contributed by atoms with van der Waals surface area (Å²) in [4.78, 5) is 5.43. The highest BCUT2D eigenvalue weighted by molar-refractivity contribution is 5.95. The van der Waals surface area contributed by atoms with Crippen LogP contribution in [0.3, 0.4) is 0 Å². The van der Waals surface area contributed by atoms with E-state index in [0.717, 1.165) is 39.2 Å². The number of hydrogen-bond acceptors (Lipinski definition) is 1. The van der Waals surface area contributed by atoms with Gasteiger partial charge in [0.15, 0.2) is 0 Å². The molecule has 9 aromatic carbocycles. The third-order valence-corrected chi connectivity index (χ3v) is 11.4. The molecule has 0 amide bonds. The SMILES string of the molecule is c1ccc(-c2ccc(-c3ccccc3-c3ccccc3-c3cc(-c4ccccc4)nc(-c4ccccc4-c4ccccc4-c4ccc(-c5ccccc5)cc4)c3)cc2)cc1. The smallest absolute Gasteiger partial charge is 0.0721 e. The minimum Gasteiger partial charge on any atom is -0.248 e.